The molecule has 1 saturated heterocycles. The van der Waals surface area contributed by atoms with Crippen LogP contribution in [0.5, 0.6) is 5.75 Å². The number of carbonyl (C=O) groups excluding carboxylic acids is 1. The van der Waals surface area contributed by atoms with Crippen molar-refractivity contribution >= 4 is 5.91 Å². The van der Waals surface area contributed by atoms with E-state index >= 15 is 0 Å². The van der Waals surface area contributed by atoms with Gasteiger partial charge in [0.25, 0.3) is 0 Å². The summed E-state index contributed by atoms with van der Waals surface area (Å²) in [4.78, 5) is 14.0. The molecule has 1 aromatic carbocycles. The number of ether oxygens (including phenoxy) is 1. The summed E-state index contributed by atoms with van der Waals surface area (Å²) in [6.45, 7) is 3.47. The molecule has 1 aromatic rings. The zero-order chi connectivity index (χ0) is 17.2. The van der Waals surface area contributed by atoms with E-state index in [4.69, 9.17) is 10.5 Å². The number of primary amides is 1. The van der Waals surface area contributed by atoms with Crippen molar-refractivity contribution in [2.75, 3.05) is 13.1 Å². The average Bonchev–Trinajstić information content (AvgIpc) is 2.58. The minimum atomic E-state index is -0.547. The average molecular weight is 332 g/mol. The second kappa shape index (κ2) is 7.11. The highest BCUT2D eigenvalue weighted by molar-refractivity contribution is 5.80. The van der Waals surface area contributed by atoms with Gasteiger partial charge < -0.3 is 15.6 Å². The van der Waals surface area contributed by atoms with Gasteiger partial charge in [-0.2, -0.15) is 0 Å². The molecule has 5 heteroatoms. The third-order valence-corrected chi connectivity index (χ3v) is 5.58. The number of benzene rings is 1. The molecule has 0 bridgehead atoms. The molecule has 2 fully saturated rings. The molecule has 24 heavy (non-hydrogen) atoms. The number of aliphatic hydroxyl groups is 1. The summed E-state index contributed by atoms with van der Waals surface area (Å²) >= 11 is 0. The first-order valence-electron chi connectivity index (χ1n) is 8.93. The number of nitrogens with two attached hydrogens (primary N) is 1. The number of carbonyl (C=O) groups is 1. The van der Waals surface area contributed by atoms with Gasteiger partial charge in [0.05, 0.1) is 5.41 Å². The van der Waals surface area contributed by atoms with E-state index in [0.717, 1.165) is 44.4 Å². The molecule has 1 unspecified atom stereocenters. The van der Waals surface area contributed by atoms with Gasteiger partial charge in [-0.05, 0) is 57.7 Å². The normalized spacial score (nSPS) is 34.7. The lowest BCUT2D eigenvalue weighted by molar-refractivity contribution is -0.132. The molecule has 0 aromatic heterocycles. The van der Waals surface area contributed by atoms with Crippen LogP contribution in [0.1, 0.15) is 39.0 Å². The first-order chi connectivity index (χ1) is 11.5. The van der Waals surface area contributed by atoms with Crippen LogP contribution in [0, 0.1) is 5.41 Å². The maximum absolute atomic E-state index is 11.8. The predicted molar refractivity (Wildman–Crippen MR) is 92.6 cm³/mol. The van der Waals surface area contributed by atoms with Crippen molar-refractivity contribution in [2.24, 2.45) is 11.1 Å². The van der Waals surface area contributed by atoms with E-state index in [0.29, 0.717) is 6.54 Å². The highest BCUT2D eigenvalue weighted by Gasteiger charge is 2.43. The first kappa shape index (κ1) is 17.2. The maximum Gasteiger partial charge on any atom is 0.224 e. The molecular weight excluding hydrogens is 304 g/mol. The number of likely N-dealkylation sites (tertiary alicyclic amines) is 1. The van der Waals surface area contributed by atoms with Crippen LogP contribution in [-0.4, -0.2) is 47.3 Å². The molecule has 2 aliphatic rings. The van der Waals surface area contributed by atoms with Gasteiger partial charge in [0, 0.05) is 12.6 Å². The zero-order valence-corrected chi connectivity index (χ0v) is 14.4. The Morgan fingerprint density at radius 1 is 1.29 bits per heavy atom. The Bertz CT molecular complexity index is 565. The van der Waals surface area contributed by atoms with E-state index in [1.165, 1.54) is 0 Å². The Morgan fingerprint density at radius 3 is 2.75 bits per heavy atom. The number of hydrogen-bond acceptors (Lipinski definition) is 4. The number of nitrogens with zero attached hydrogens (tertiary/aromatic N) is 1. The maximum atomic E-state index is 11.8. The molecular formula is C19H28N2O3. The van der Waals surface area contributed by atoms with Crippen LogP contribution in [0.2, 0.25) is 0 Å². The van der Waals surface area contributed by atoms with E-state index in [1.807, 2.05) is 37.3 Å². The van der Waals surface area contributed by atoms with Crippen molar-refractivity contribution in [3.8, 4) is 5.75 Å². The van der Waals surface area contributed by atoms with Crippen LogP contribution in [0.4, 0.5) is 0 Å². The SMILES string of the molecule is CC1(C(N)=O)CCCN([C@H]2CCC[C@@H](Oc3ccccc3)[C@@H]2O)C1. The van der Waals surface area contributed by atoms with Crippen molar-refractivity contribution in [3.63, 3.8) is 0 Å². The molecule has 132 valence electrons. The summed E-state index contributed by atoms with van der Waals surface area (Å²) in [5, 5.41) is 10.9. The quantitative estimate of drug-likeness (QED) is 0.883. The molecule has 4 atom stereocenters. The number of aliphatic hydroxyl groups excluding tert-OH is 1. The fourth-order valence-electron chi connectivity index (χ4n) is 4.08. The number of hydrogen-bond donors (Lipinski definition) is 2. The third-order valence-electron chi connectivity index (χ3n) is 5.58. The van der Waals surface area contributed by atoms with Gasteiger partial charge in [-0.25, -0.2) is 0 Å². The van der Waals surface area contributed by atoms with Crippen molar-refractivity contribution in [1.82, 2.24) is 4.90 Å². The molecule has 0 radical (unpaired) electrons. The lowest BCUT2D eigenvalue weighted by atomic mass is 9.79. The smallest absolute Gasteiger partial charge is 0.224 e. The Kier molecular flexibility index (Phi) is 5.11. The molecule has 3 rings (SSSR count). The standard InChI is InChI=1S/C19H28N2O3/c1-19(18(20)23)11-6-12-21(13-19)15-9-5-10-16(17(15)22)24-14-7-3-2-4-8-14/h2-4,7-8,15-17,22H,5-6,9-13H2,1H3,(H2,20,23)/t15-,16+,17+,19?/m0/s1. The fourth-order valence-corrected chi connectivity index (χ4v) is 4.08. The Morgan fingerprint density at radius 2 is 2.04 bits per heavy atom. The topological polar surface area (TPSA) is 75.8 Å². The lowest BCUT2D eigenvalue weighted by Gasteiger charge is -2.46. The van der Waals surface area contributed by atoms with Crippen molar-refractivity contribution in [1.29, 1.82) is 0 Å². The highest BCUT2D eigenvalue weighted by atomic mass is 16.5. The van der Waals surface area contributed by atoms with Crippen LogP contribution >= 0.6 is 0 Å². The molecule has 1 aliphatic heterocycles. The van der Waals surface area contributed by atoms with Gasteiger partial charge in [0.1, 0.15) is 18.0 Å². The minimum absolute atomic E-state index is 0.0337. The van der Waals surface area contributed by atoms with Gasteiger partial charge >= 0.3 is 0 Å². The second-order valence-electron chi connectivity index (χ2n) is 7.46. The van der Waals surface area contributed by atoms with E-state index in [2.05, 4.69) is 4.90 Å². The second-order valence-corrected chi connectivity index (χ2v) is 7.46. The van der Waals surface area contributed by atoms with E-state index in [1.54, 1.807) is 0 Å². The van der Waals surface area contributed by atoms with Gasteiger partial charge in [-0.3, -0.25) is 9.69 Å². The van der Waals surface area contributed by atoms with Crippen LogP contribution in [0.25, 0.3) is 0 Å². The largest absolute Gasteiger partial charge is 0.488 e. The van der Waals surface area contributed by atoms with Crippen LogP contribution < -0.4 is 10.5 Å². The number of amides is 1. The summed E-state index contributed by atoms with van der Waals surface area (Å²) < 4.78 is 6.02. The summed E-state index contributed by atoms with van der Waals surface area (Å²) in [5.74, 6) is 0.553. The molecule has 1 amide bonds. The summed E-state index contributed by atoms with van der Waals surface area (Å²) in [5.41, 5.74) is 5.11. The first-order valence-corrected chi connectivity index (χ1v) is 8.93. The molecule has 3 N–H and O–H groups in total. The molecule has 5 nitrogen and oxygen atoms in total. The number of piperidine rings is 1. The monoisotopic (exact) mass is 332 g/mol. The lowest BCUT2D eigenvalue weighted by Crippen LogP contribution is -2.58. The molecule has 0 spiro atoms. The van der Waals surface area contributed by atoms with Crippen molar-refractivity contribution in [2.45, 2.75) is 57.3 Å². The zero-order valence-electron chi connectivity index (χ0n) is 14.4. The van der Waals surface area contributed by atoms with Gasteiger partial charge in [0.15, 0.2) is 0 Å². The van der Waals surface area contributed by atoms with Crippen LogP contribution in [0.15, 0.2) is 30.3 Å². The van der Waals surface area contributed by atoms with Gasteiger partial charge in [0.2, 0.25) is 5.91 Å². The van der Waals surface area contributed by atoms with Crippen LogP contribution in [-0.2, 0) is 4.79 Å². The minimum Gasteiger partial charge on any atom is -0.488 e. The molecule has 1 aliphatic carbocycles. The fraction of sp³-hybridized carbons (Fsp3) is 0.632. The Hall–Kier alpha value is -1.59. The Labute approximate surface area is 143 Å². The van der Waals surface area contributed by atoms with Crippen LogP contribution in [0.3, 0.4) is 0 Å². The summed E-state index contributed by atoms with van der Waals surface area (Å²) in [6.07, 6.45) is 3.82. The van der Waals surface area contributed by atoms with Crippen molar-refractivity contribution in [3.05, 3.63) is 30.3 Å². The number of rotatable bonds is 4. The predicted octanol–water partition coefficient (Wildman–Crippen LogP) is 1.93. The third kappa shape index (κ3) is 3.57. The molecule has 1 saturated carbocycles. The van der Waals surface area contributed by atoms with Gasteiger partial charge in [-0.1, -0.05) is 18.2 Å². The molecule has 1 heterocycles. The summed E-state index contributed by atoms with van der Waals surface area (Å²) in [7, 11) is 0. The number of para-hydroxylation sites is 1. The van der Waals surface area contributed by atoms with E-state index < -0.39 is 11.5 Å². The summed E-state index contributed by atoms with van der Waals surface area (Å²) in [6, 6.07) is 9.69. The highest BCUT2D eigenvalue weighted by Crippen LogP contribution is 2.34. The Balaban J connectivity index is 1.68. The van der Waals surface area contributed by atoms with Crippen molar-refractivity contribution < 1.29 is 14.6 Å². The van der Waals surface area contributed by atoms with E-state index in [-0.39, 0.29) is 18.1 Å². The van der Waals surface area contributed by atoms with Gasteiger partial charge in [-0.15, -0.1) is 0 Å². The van der Waals surface area contributed by atoms with E-state index in [9.17, 15) is 9.90 Å².